The third-order valence-corrected chi connectivity index (χ3v) is 3.63. The lowest BCUT2D eigenvalue weighted by Gasteiger charge is -2.16. The number of benzene rings is 1. The maximum absolute atomic E-state index is 12.5. The van der Waals surface area contributed by atoms with E-state index in [1.807, 2.05) is 30.5 Å². The van der Waals surface area contributed by atoms with Crippen LogP contribution in [0.1, 0.15) is 12.5 Å². The fraction of sp³-hybridized carbons (Fsp3) is 0.278. The molecule has 0 amide bonds. The van der Waals surface area contributed by atoms with E-state index < -0.39 is 18.8 Å². The van der Waals surface area contributed by atoms with Gasteiger partial charge in [0, 0.05) is 17.8 Å². The summed E-state index contributed by atoms with van der Waals surface area (Å²) in [4.78, 5) is 4.09. The number of nitrogens with two attached hydrogens (primary N) is 1. The Bertz CT molecular complexity index is 682. The minimum absolute atomic E-state index is 0.634. The molecule has 0 fully saturated rings. The van der Waals surface area contributed by atoms with Gasteiger partial charge in [0.15, 0.2) is 0 Å². The number of nitrogens with zero attached hydrogens (tertiary/aromatic N) is 1. The van der Waals surface area contributed by atoms with Gasteiger partial charge in [0.2, 0.25) is 0 Å². The maximum atomic E-state index is 12.5. The third kappa shape index (κ3) is 4.00. The van der Waals surface area contributed by atoms with E-state index in [9.17, 15) is 9.50 Å². The lowest BCUT2D eigenvalue weighted by molar-refractivity contribution is 0.166. The van der Waals surface area contributed by atoms with Crippen LogP contribution in [0.25, 0.3) is 10.8 Å². The van der Waals surface area contributed by atoms with Crippen molar-refractivity contribution in [2.45, 2.75) is 25.5 Å². The van der Waals surface area contributed by atoms with Crippen LogP contribution in [0, 0.1) is 0 Å². The van der Waals surface area contributed by atoms with Crippen molar-refractivity contribution >= 4 is 10.8 Å². The van der Waals surface area contributed by atoms with Gasteiger partial charge in [-0.3, -0.25) is 4.98 Å². The third-order valence-electron chi connectivity index (χ3n) is 3.63. The SMILES string of the molecule is C/C=C(\C=C/Cc1ccc2cnccc2c1)C(O)C(N)CF. The summed E-state index contributed by atoms with van der Waals surface area (Å²) in [7, 11) is 0. The van der Waals surface area contributed by atoms with Gasteiger partial charge in [-0.1, -0.05) is 36.4 Å². The molecular formula is C18H21FN2O. The summed E-state index contributed by atoms with van der Waals surface area (Å²) >= 11 is 0. The molecule has 4 heteroatoms. The van der Waals surface area contributed by atoms with Crippen molar-refractivity contribution in [1.29, 1.82) is 0 Å². The van der Waals surface area contributed by atoms with Crippen molar-refractivity contribution in [1.82, 2.24) is 4.98 Å². The van der Waals surface area contributed by atoms with Gasteiger partial charge in [-0.25, -0.2) is 4.39 Å². The fourth-order valence-electron chi connectivity index (χ4n) is 2.29. The van der Waals surface area contributed by atoms with Gasteiger partial charge in [0.1, 0.15) is 6.67 Å². The van der Waals surface area contributed by atoms with E-state index in [-0.39, 0.29) is 0 Å². The summed E-state index contributed by atoms with van der Waals surface area (Å²) in [5.41, 5.74) is 7.33. The molecule has 0 aliphatic rings. The molecule has 2 unspecified atom stereocenters. The van der Waals surface area contributed by atoms with Crippen LogP contribution < -0.4 is 5.73 Å². The van der Waals surface area contributed by atoms with Crippen molar-refractivity contribution in [3.63, 3.8) is 0 Å². The van der Waals surface area contributed by atoms with Gasteiger partial charge < -0.3 is 10.8 Å². The number of alkyl halides is 1. The molecule has 2 atom stereocenters. The van der Waals surface area contributed by atoms with Gasteiger partial charge in [0.25, 0.3) is 0 Å². The smallest absolute Gasteiger partial charge is 0.107 e. The van der Waals surface area contributed by atoms with Gasteiger partial charge >= 0.3 is 0 Å². The maximum Gasteiger partial charge on any atom is 0.107 e. The molecule has 0 radical (unpaired) electrons. The largest absolute Gasteiger partial charge is 0.387 e. The van der Waals surface area contributed by atoms with Crippen molar-refractivity contribution in [2.75, 3.05) is 6.67 Å². The predicted octanol–water partition coefficient (Wildman–Crippen LogP) is 2.94. The first-order chi connectivity index (χ1) is 10.7. The molecule has 3 nitrogen and oxygen atoms in total. The van der Waals surface area contributed by atoms with Crippen LogP contribution in [-0.4, -0.2) is 28.9 Å². The summed E-state index contributed by atoms with van der Waals surface area (Å²) in [5, 5.41) is 12.2. The molecule has 2 aromatic rings. The van der Waals surface area contributed by atoms with Crippen molar-refractivity contribution < 1.29 is 9.50 Å². The second-order valence-electron chi connectivity index (χ2n) is 5.22. The van der Waals surface area contributed by atoms with Crippen molar-refractivity contribution in [3.05, 3.63) is 66.0 Å². The molecule has 22 heavy (non-hydrogen) atoms. The van der Waals surface area contributed by atoms with Crippen LogP contribution in [-0.2, 0) is 6.42 Å². The van der Waals surface area contributed by atoms with E-state index >= 15 is 0 Å². The highest BCUT2D eigenvalue weighted by atomic mass is 19.1. The van der Waals surface area contributed by atoms with E-state index in [1.165, 1.54) is 0 Å². The molecule has 0 bridgehead atoms. The molecule has 3 N–H and O–H groups in total. The van der Waals surface area contributed by atoms with E-state index in [4.69, 9.17) is 5.73 Å². The summed E-state index contributed by atoms with van der Waals surface area (Å²) in [6, 6.07) is 7.29. The zero-order valence-electron chi connectivity index (χ0n) is 12.6. The summed E-state index contributed by atoms with van der Waals surface area (Å²) in [5.74, 6) is 0. The highest BCUT2D eigenvalue weighted by molar-refractivity contribution is 5.82. The first kappa shape index (κ1) is 16.3. The summed E-state index contributed by atoms with van der Waals surface area (Å²) < 4.78 is 12.5. The molecule has 1 heterocycles. The van der Waals surface area contributed by atoms with Crippen LogP contribution >= 0.6 is 0 Å². The standard InChI is InChI=1S/C18H21FN2O/c1-2-14(18(22)17(20)11-19)5-3-4-13-6-7-16-12-21-9-8-15(16)10-13/h2-3,5-10,12,17-18,22H,4,11,20H2,1H3/b5-3-,14-2+. The number of fused-ring (bicyclic) bond motifs is 1. The minimum atomic E-state index is -0.978. The zero-order valence-corrected chi connectivity index (χ0v) is 12.6. The summed E-state index contributed by atoms with van der Waals surface area (Å²) in [6.45, 7) is 1.06. The molecule has 0 saturated carbocycles. The van der Waals surface area contributed by atoms with E-state index in [1.54, 1.807) is 25.3 Å². The zero-order chi connectivity index (χ0) is 15.9. The molecule has 1 aromatic heterocycles. The molecular weight excluding hydrogens is 279 g/mol. The number of aromatic nitrogens is 1. The average molecular weight is 300 g/mol. The lowest BCUT2D eigenvalue weighted by atomic mass is 10.0. The van der Waals surface area contributed by atoms with Crippen molar-refractivity contribution in [3.8, 4) is 0 Å². The Hall–Kier alpha value is -2.04. The topological polar surface area (TPSA) is 59.1 Å². The second-order valence-corrected chi connectivity index (χ2v) is 5.22. The predicted molar refractivity (Wildman–Crippen MR) is 88.3 cm³/mol. The Morgan fingerprint density at radius 2 is 2.18 bits per heavy atom. The van der Waals surface area contributed by atoms with Gasteiger partial charge in [-0.05, 0) is 35.9 Å². The molecule has 0 aliphatic heterocycles. The number of halogens is 1. The number of hydrogen-bond donors (Lipinski definition) is 2. The van der Waals surface area contributed by atoms with Crippen LogP contribution in [0.5, 0.6) is 0 Å². The molecule has 0 saturated heterocycles. The molecule has 2 rings (SSSR count). The normalized spacial score (nSPS) is 15.4. The number of rotatable bonds is 6. The first-order valence-corrected chi connectivity index (χ1v) is 7.30. The molecule has 1 aromatic carbocycles. The first-order valence-electron chi connectivity index (χ1n) is 7.30. The van der Waals surface area contributed by atoms with Gasteiger partial charge in [-0.15, -0.1) is 0 Å². The molecule has 116 valence electrons. The van der Waals surface area contributed by atoms with Crippen LogP contribution in [0.3, 0.4) is 0 Å². The lowest BCUT2D eigenvalue weighted by Crippen LogP contribution is -2.37. The van der Waals surface area contributed by atoms with E-state index in [2.05, 4.69) is 11.1 Å². The van der Waals surface area contributed by atoms with Gasteiger partial charge in [0.05, 0.1) is 12.1 Å². The van der Waals surface area contributed by atoms with Gasteiger partial charge in [-0.2, -0.15) is 0 Å². The Kier molecular flexibility index (Phi) is 5.81. The molecule has 0 spiro atoms. The Balaban J connectivity index is 2.06. The summed E-state index contributed by atoms with van der Waals surface area (Å²) in [6.07, 6.45) is 8.86. The Morgan fingerprint density at radius 1 is 1.36 bits per heavy atom. The van der Waals surface area contributed by atoms with Crippen LogP contribution in [0.4, 0.5) is 4.39 Å². The van der Waals surface area contributed by atoms with Crippen LogP contribution in [0.15, 0.2) is 60.5 Å². The fourth-order valence-corrected chi connectivity index (χ4v) is 2.29. The highest BCUT2D eigenvalue weighted by Crippen LogP contribution is 2.16. The monoisotopic (exact) mass is 300 g/mol. The minimum Gasteiger partial charge on any atom is -0.387 e. The number of hydrogen-bond acceptors (Lipinski definition) is 3. The van der Waals surface area contributed by atoms with Crippen LogP contribution in [0.2, 0.25) is 0 Å². The van der Waals surface area contributed by atoms with E-state index in [0.717, 1.165) is 22.8 Å². The quantitative estimate of drug-likeness (QED) is 0.806. The number of aliphatic hydroxyl groups excluding tert-OH is 1. The number of allylic oxidation sites excluding steroid dienone is 2. The average Bonchev–Trinajstić information content (AvgIpc) is 2.57. The van der Waals surface area contributed by atoms with Crippen molar-refractivity contribution in [2.24, 2.45) is 5.73 Å². The van der Waals surface area contributed by atoms with E-state index in [0.29, 0.717) is 5.57 Å². The highest BCUT2D eigenvalue weighted by Gasteiger charge is 2.16. The number of pyridine rings is 1. The number of aliphatic hydroxyl groups is 1. The Labute approximate surface area is 130 Å². The Morgan fingerprint density at radius 3 is 2.91 bits per heavy atom. The second kappa shape index (κ2) is 7.82. The molecule has 0 aliphatic carbocycles.